The lowest BCUT2D eigenvalue weighted by Gasteiger charge is -2.20. The average molecular weight is 401 g/mol. The van der Waals surface area contributed by atoms with Crippen molar-refractivity contribution < 1.29 is 5.11 Å². The molecule has 30 heavy (non-hydrogen) atoms. The molecule has 0 saturated carbocycles. The van der Waals surface area contributed by atoms with Gasteiger partial charge in [-0.1, -0.05) is 113 Å². The molecule has 0 heterocycles. The van der Waals surface area contributed by atoms with Crippen LogP contribution in [0.2, 0.25) is 0 Å². The molecule has 3 rings (SSSR count). The van der Waals surface area contributed by atoms with Gasteiger partial charge in [0.1, 0.15) is 5.75 Å². The number of hydrogen-bond donors (Lipinski definition) is 1. The number of phenolic OH excluding ortho intramolecular Hbond substituents is 1. The van der Waals surface area contributed by atoms with Crippen LogP contribution < -0.4 is 0 Å². The Bertz CT molecular complexity index is 822. The predicted molar refractivity (Wildman–Crippen MR) is 130 cm³/mol. The van der Waals surface area contributed by atoms with Crippen molar-refractivity contribution in [1.82, 2.24) is 0 Å². The van der Waals surface area contributed by atoms with Crippen LogP contribution in [-0.2, 0) is 0 Å². The molecule has 0 aliphatic heterocycles. The number of rotatable bonds is 11. The molecule has 1 nitrogen and oxygen atoms in total. The number of benzene rings is 3. The van der Waals surface area contributed by atoms with Gasteiger partial charge in [0.15, 0.2) is 0 Å². The zero-order valence-corrected chi connectivity index (χ0v) is 18.6. The van der Waals surface area contributed by atoms with Gasteiger partial charge >= 0.3 is 0 Å². The summed E-state index contributed by atoms with van der Waals surface area (Å²) in [6.07, 6.45) is 10.3. The molecule has 0 aliphatic carbocycles. The highest BCUT2D eigenvalue weighted by Crippen LogP contribution is 2.42. The largest absolute Gasteiger partial charge is 0.507 e. The summed E-state index contributed by atoms with van der Waals surface area (Å²) in [7, 11) is 0. The lowest BCUT2D eigenvalue weighted by molar-refractivity contribution is 0.478. The molecule has 3 aromatic carbocycles. The summed E-state index contributed by atoms with van der Waals surface area (Å²) in [6, 6.07) is 25.0. The molecule has 0 bridgehead atoms. The highest BCUT2D eigenvalue weighted by molar-refractivity contribution is 5.83. The van der Waals surface area contributed by atoms with Gasteiger partial charge in [-0.3, -0.25) is 0 Å². The number of phenols is 1. The van der Waals surface area contributed by atoms with Crippen molar-refractivity contribution in [3.05, 3.63) is 78.4 Å². The maximum absolute atomic E-state index is 11.2. The molecular formula is C29H36O. The van der Waals surface area contributed by atoms with Gasteiger partial charge < -0.3 is 5.11 Å². The second kappa shape index (κ2) is 11.6. The zero-order chi connectivity index (χ0) is 21.2. The topological polar surface area (TPSA) is 20.2 Å². The van der Waals surface area contributed by atoms with E-state index in [1.807, 2.05) is 36.4 Å². The van der Waals surface area contributed by atoms with E-state index < -0.39 is 0 Å². The van der Waals surface area contributed by atoms with Crippen molar-refractivity contribution in [1.29, 1.82) is 0 Å². The van der Waals surface area contributed by atoms with Crippen LogP contribution in [0, 0.1) is 0 Å². The summed E-state index contributed by atoms with van der Waals surface area (Å²) in [5, 5.41) is 11.2. The molecule has 0 spiro atoms. The standard InChI is InChI=1S/C29H36O/c1-3-5-6-7-8-11-16-23(4-2)26-21-27(24-17-12-9-13-18-24)29(30)28(22-26)25-19-14-10-15-20-25/h9-10,12-15,17-23,30H,3-8,11,16H2,1-2H3. The smallest absolute Gasteiger partial charge is 0.131 e. The van der Waals surface area contributed by atoms with E-state index >= 15 is 0 Å². The Morgan fingerprint density at radius 3 is 1.67 bits per heavy atom. The first-order chi connectivity index (χ1) is 14.7. The van der Waals surface area contributed by atoms with E-state index in [2.05, 4.69) is 50.2 Å². The maximum atomic E-state index is 11.2. The van der Waals surface area contributed by atoms with Crippen LogP contribution in [0.15, 0.2) is 72.8 Å². The van der Waals surface area contributed by atoms with Gasteiger partial charge in [-0.05, 0) is 47.6 Å². The molecule has 1 N–H and O–H groups in total. The third-order valence-electron chi connectivity index (χ3n) is 6.17. The molecule has 0 amide bonds. The van der Waals surface area contributed by atoms with Gasteiger partial charge in [-0.25, -0.2) is 0 Å². The van der Waals surface area contributed by atoms with Crippen LogP contribution in [0.5, 0.6) is 5.75 Å². The molecule has 0 saturated heterocycles. The van der Waals surface area contributed by atoms with Gasteiger partial charge in [0.2, 0.25) is 0 Å². The van der Waals surface area contributed by atoms with E-state index in [9.17, 15) is 5.11 Å². The van der Waals surface area contributed by atoms with E-state index in [-0.39, 0.29) is 0 Å². The first-order valence-corrected chi connectivity index (χ1v) is 11.7. The molecule has 158 valence electrons. The van der Waals surface area contributed by atoms with Crippen LogP contribution in [0.25, 0.3) is 22.3 Å². The van der Waals surface area contributed by atoms with Crippen molar-refractivity contribution in [3.63, 3.8) is 0 Å². The third-order valence-corrected chi connectivity index (χ3v) is 6.17. The highest BCUT2D eigenvalue weighted by atomic mass is 16.3. The lowest BCUT2D eigenvalue weighted by Crippen LogP contribution is -2.00. The molecular weight excluding hydrogens is 364 g/mol. The van der Waals surface area contributed by atoms with Crippen molar-refractivity contribution in [2.24, 2.45) is 0 Å². The summed E-state index contributed by atoms with van der Waals surface area (Å²) in [4.78, 5) is 0. The molecule has 0 aromatic heterocycles. The minimum atomic E-state index is 0.380. The van der Waals surface area contributed by atoms with E-state index in [4.69, 9.17) is 0 Å². The SMILES string of the molecule is CCCCCCCCC(CC)c1cc(-c2ccccc2)c(O)c(-c2ccccc2)c1. The van der Waals surface area contributed by atoms with Gasteiger partial charge in [0, 0.05) is 11.1 Å². The summed E-state index contributed by atoms with van der Waals surface area (Å²) in [6.45, 7) is 4.56. The Morgan fingerprint density at radius 2 is 1.17 bits per heavy atom. The quantitative estimate of drug-likeness (QED) is 0.318. The van der Waals surface area contributed by atoms with E-state index in [0.717, 1.165) is 28.7 Å². The van der Waals surface area contributed by atoms with Crippen LogP contribution in [0.3, 0.4) is 0 Å². The fraction of sp³-hybridized carbons (Fsp3) is 0.379. The Kier molecular flexibility index (Phi) is 8.56. The monoisotopic (exact) mass is 400 g/mol. The number of unbranched alkanes of at least 4 members (excludes halogenated alkanes) is 5. The highest BCUT2D eigenvalue weighted by Gasteiger charge is 2.17. The van der Waals surface area contributed by atoms with Crippen LogP contribution in [0.4, 0.5) is 0 Å². The fourth-order valence-corrected chi connectivity index (χ4v) is 4.35. The third kappa shape index (κ3) is 5.75. The van der Waals surface area contributed by atoms with Crippen molar-refractivity contribution in [2.45, 2.75) is 71.1 Å². The molecule has 0 fully saturated rings. The summed E-state index contributed by atoms with van der Waals surface area (Å²) in [5.41, 5.74) is 5.37. The normalized spacial score (nSPS) is 12.1. The second-order valence-electron chi connectivity index (χ2n) is 8.36. The minimum absolute atomic E-state index is 0.380. The summed E-state index contributed by atoms with van der Waals surface area (Å²) < 4.78 is 0. The number of hydrogen-bond acceptors (Lipinski definition) is 1. The van der Waals surface area contributed by atoms with Gasteiger partial charge in [-0.2, -0.15) is 0 Å². The second-order valence-corrected chi connectivity index (χ2v) is 8.36. The zero-order valence-electron chi connectivity index (χ0n) is 18.6. The first-order valence-electron chi connectivity index (χ1n) is 11.7. The average Bonchev–Trinajstić information content (AvgIpc) is 2.80. The molecule has 3 aromatic rings. The van der Waals surface area contributed by atoms with Crippen LogP contribution >= 0.6 is 0 Å². The van der Waals surface area contributed by atoms with Crippen molar-refractivity contribution in [2.75, 3.05) is 0 Å². The Hall–Kier alpha value is -2.54. The number of aromatic hydroxyl groups is 1. The first kappa shape index (κ1) is 22.2. The minimum Gasteiger partial charge on any atom is -0.507 e. The van der Waals surface area contributed by atoms with E-state index in [1.54, 1.807) is 0 Å². The van der Waals surface area contributed by atoms with Gasteiger partial charge in [0.05, 0.1) is 0 Å². The molecule has 0 aliphatic rings. The van der Waals surface area contributed by atoms with Gasteiger partial charge in [0.25, 0.3) is 0 Å². The molecule has 0 radical (unpaired) electrons. The summed E-state index contributed by atoms with van der Waals surface area (Å²) in [5.74, 6) is 0.910. The molecule has 1 heteroatoms. The van der Waals surface area contributed by atoms with Crippen LogP contribution in [-0.4, -0.2) is 5.11 Å². The Balaban J connectivity index is 1.91. The predicted octanol–water partition coefficient (Wildman–Crippen LogP) is 8.97. The fourth-order valence-electron chi connectivity index (χ4n) is 4.35. The lowest BCUT2D eigenvalue weighted by atomic mass is 9.86. The van der Waals surface area contributed by atoms with E-state index in [1.165, 1.54) is 50.5 Å². The Labute approximate surface area is 182 Å². The maximum Gasteiger partial charge on any atom is 0.131 e. The Morgan fingerprint density at radius 1 is 0.667 bits per heavy atom. The summed E-state index contributed by atoms with van der Waals surface area (Å²) >= 11 is 0. The van der Waals surface area contributed by atoms with Crippen molar-refractivity contribution >= 4 is 0 Å². The van der Waals surface area contributed by atoms with E-state index in [0.29, 0.717) is 11.7 Å². The molecule has 1 atom stereocenters. The van der Waals surface area contributed by atoms with Crippen molar-refractivity contribution in [3.8, 4) is 28.0 Å². The van der Waals surface area contributed by atoms with Crippen LogP contribution in [0.1, 0.15) is 76.7 Å². The molecule has 1 unspecified atom stereocenters. The van der Waals surface area contributed by atoms with Gasteiger partial charge in [-0.15, -0.1) is 0 Å².